The Kier molecular flexibility index (Phi) is 4.17. The largest absolute Gasteiger partial charge is 0.469 e. The highest BCUT2D eigenvalue weighted by Crippen LogP contribution is 2.32. The fraction of sp³-hybridized carbons (Fsp3) is 0.333. The summed E-state index contributed by atoms with van der Waals surface area (Å²) in [6, 6.07) is 0. The van der Waals surface area contributed by atoms with Crippen molar-refractivity contribution in [3.63, 3.8) is 0 Å². The number of rotatable bonds is 3. The van der Waals surface area contributed by atoms with Gasteiger partial charge in [0.15, 0.2) is 0 Å². The molecule has 1 heterocycles. The number of nitrogens with two attached hydrogens (primary N) is 1. The third kappa shape index (κ3) is 2.66. The number of hydrogen-bond donors (Lipinski definition) is 1. The standard InChI is InChI=1S/C9H9BrF2N2O2/c1-16-5(15)2-4-3-14-8(10)7(13)6(4)9(11)12/h3,9H,2,13H2,1H3. The monoisotopic (exact) mass is 294 g/mol. The van der Waals surface area contributed by atoms with E-state index in [1.165, 1.54) is 13.3 Å². The van der Waals surface area contributed by atoms with E-state index >= 15 is 0 Å². The van der Waals surface area contributed by atoms with Gasteiger partial charge in [-0.2, -0.15) is 0 Å². The SMILES string of the molecule is COC(=O)Cc1cnc(Br)c(N)c1C(F)F. The highest BCUT2D eigenvalue weighted by molar-refractivity contribution is 9.10. The van der Waals surface area contributed by atoms with Gasteiger partial charge in [-0.1, -0.05) is 0 Å². The average molecular weight is 295 g/mol. The van der Waals surface area contributed by atoms with Crippen molar-refractivity contribution in [1.82, 2.24) is 4.98 Å². The molecule has 0 aliphatic heterocycles. The van der Waals surface area contributed by atoms with Crippen LogP contribution in [0.1, 0.15) is 17.6 Å². The summed E-state index contributed by atoms with van der Waals surface area (Å²) in [7, 11) is 1.18. The number of alkyl halides is 2. The molecule has 0 radical (unpaired) electrons. The second-order valence-corrected chi connectivity index (χ2v) is 3.71. The van der Waals surface area contributed by atoms with Crippen LogP contribution in [0.5, 0.6) is 0 Å². The molecule has 1 aromatic rings. The van der Waals surface area contributed by atoms with Gasteiger partial charge < -0.3 is 10.5 Å². The summed E-state index contributed by atoms with van der Waals surface area (Å²) in [5, 5.41) is 0. The van der Waals surface area contributed by atoms with Crippen LogP contribution in [0.15, 0.2) is 10.8 Å². The predicted octanol–water partition coefficient (Wildman–Crippen LogP) is 2.08. The number of anilines is 1. The van der Waals surface area contributed by atoms with E-state index < -0.39 is 12.4 Å². The van der Waals surface area contributed by atoms with Gasteiger partial charge in [0.1, 0.15) is 4.60 Å². The Morgan fingerprint density at radius 3 is 2.81 bits per heavy atom. The molecule has 1 aromatic heterocycles. The van der Waals surface area contributed by atoms with E-state index in [1.54, 1.807) is 0 Å². The first-order valence-corrected chi connectivity index (χ1v) is 5.04. The molecule has 0 spiro atoms. The number of carbonyl (C=O) groups excluding carboxylic acids is 1. The molecule has 0 aliphatic rings. The van der Waals surface area contributed by atoms with Crippen molar-refractivity contribution in [1.29, 1.82) is 0 Å². The number of methoxy groups -OCH3 is 1. The van der Waals surface area contributed by atoms with Crippen LogP contribution in [0.25, 0.3) is 0 Å². The van der Waals surface area contributed by atoms with Crippen molar-refractivity contribution < 1.29 is 18.3 Å². The molecule has 0 unspecified atom stereocenters. The van der Waals surface area contributed by atoms with Crippen LogP contribution >= 0.6 is 15.9 Å². The topological polar surface area (TPSA) is 65.2 Å². The van der Waals surface area contributed by atoms with Crippen LogP contribution in [0.2, 0.25) is 0 Å². The number of pyridine rings is 1. The quantitative estimate of drug-likeness (QED) is 0.685. The van der Waals surface area contributed by atoms with Crippen LogP contribution in [-0.4, -0.2) is 18.1 Å². The Labute approximate surface area is 98.9 Å². The molecule has 2 N–H and O–H groups in total. The summed E-state index contributed by atoms with van der Waals surface area (Å²) in [5.74, 6) is -0.620. The molecule has 0 amide bonds. The lowest BCUT2D eigenvalue weighted by molar-refractivity contribution is -0.139. The number of esters is 1. The first-order chi connectivity index (χ1) is 7.47. The van der Waals surface area contributed by atoms with Crippen LogP contribution in [0.3, 0.4) is 0 Å². The molecule has 0 aliphatic carbocycles. The number of aromatic nitrogens is 1. The average Bonchev–Trinajstić information content (AvgIpc) is 2.23. The maximum Gasteiger partial charge on any atom is 0.310 e. The Morgan fingerprint density at radius 1 is 1.69 bits per heavy atom. The normalized spacial score (nSPS) is 10.6. The molecular formula is C9H9BrF2N2O2. The van der Waals surface area contributed by atoms with Crippen molar-refractivity contribution in [3.8, 4) is 0 Å². The molecule has 0 atom stereocenters. The molecule has 0 saturated heterocycles. The van der Waals surface area contributed by atoms with Crippen molar-refractivity contribution in [2.24, 2.45) is 0 Å². The van der Waals surface area contributed by atoms with E-state index in [0.29, 0.717) is 0 Å². The Hall–Kier alpha value is -1.24. The zero-order valence-corrected chi connectivity index (χ0v) is 9.92. The number of carbonyl (C=O) groups is 1. The van der Waals surface area contributed by atoms with Crippen LogP contribution in [-0.2, 0) is 16.0 Å². The van der Waals surface area contributed by atoms with Gasteiger partial charge in [0.2, 0.25) is 0 Å². The number of nitrogens with zero attached hydrogens (tertiary/aromatic N) is 1. The van der Waals surface area contributed by atoms with Crippen molar-refractivity contribution in [2.75, 3.05) is 12.8 Å². The van der Waals surface area contributed by atoms with Gasteiger partial charge >= 0.3 is 5.97 Å². The maximum atomic E-state index is 12.7. The fourth-order valence-corrected chi connectivity index (χ4v) is 1.50. The van der Waals surface area contributed by atoms with Crippen molar-refractivity contribution in [2.45, 2.75) is 12.8 Å². The summed E-state index contributed by atoms with van der Waals surface area (Å²) in [4.78, 5) is 14.8. The third-order valence-electron chi connectivity index (χ3n) is 1.97. The summed E-state index contributed by atoms with van der Waals surface area (Å²) in [6.45, 7) is 0. The summed E-state index contributed by atoms with van der Waals surface area (Å²) in [5.41, 5.74) is 4.99. The van der Waals surface area contributed by atoms with E-state index in [0.717, 1.165) is 0 Å². The summed E-state index contributed by atoms with van der Waals surface area (Å²) < 4.78 is 30.0. The van der Waals surface area contributed by atoms with Crippen LogP contribution in [0, 0.1) is 0 Å². The van der Waals surface area contributed by atoms with Crippen LogP contribution in [0.4, 0.5) is 14.5 Å². The molecular weight excluding hydrogens is 286 g/mol. The highest BCUT2D eigenvalue weighted by atomic mass is 79.9. The Bertz CT molecular complexity index is 413. The third-order valence-corrected chi connectivity index (χ3v) is 2.60. The molecule has 0 bridgehead atoms. The molecule has 4 nitrogen and oxygen atoms in total. The van der Waals surface area contributed by atoms with Gasteiger partial charge in [-0.15, -0.1) is 0 Å². The molecule has 88 valence electrons. The van der Waals surface area contributed by atoms with E-state index in [1.807, 2.05) is 0 Å². The summed E-state index contributed by atoms with van der Waals surface area (Å²) in [6.07, 6.45) is -1.86. The van der Waals surface area contributed by atoms with Gasteiger partial charge in [-0.25, -0.2) is 13.8 Å². The molecule has 0 saturated carbocycles. The second-order valence-electron chi connectivity index (χ2n) is 2.96. The van der Waals surface area contributed by atoms with Gasteiger partial charge in [-0.05, 0) is 21.5 Å². The predicted molar refractivity (Wildman–Crippen MR) is 57.0 cm³/mol. The van der Waals surface area contributed by atoms with Crippen molar-refractivity contribution >= 4 is 27.6 Å². The lowest BCUT2D eigenvalue weighted by Gasteiger charge is -2.11. The van der Waals surface area contributed by atoms with E-state index in [2.05, 4.69) is 25.7 Å². The van der Waals surface area contributed by atoms with Gasteiger partial charge in [0.25, 0.3) is 6.43 Å². The highest BCUT2D eigenvalue weighted by Gasteiger charge is 2.21. The smallest absolute Gasteiger partial charge is 0.310 e. The molecule has 0 aromatic carbocycles. The fourth-order valence-electron chi connectivity index (χ4n) is 1.18. The Balaban J connectivity index is 3.18. The van der Waals surface area contributed by atoms with Crippen LogP contribution < -0.4 is 5.73 Å². The zero-order valence-electron chi connectivity index (χ0n) is 8.34. The van der Waals surface area contributed by atoms with E-state index in [-0.39, 0.29) is 27.8 Å². The molecule has 16 heavy (non-hydrogen) atoms. The maximum absolute atomic E-state index is 12.7. The van der Waals surface area contributed by atoms with Gasteiger partial charge in [-0.3, -0.25) is 4.79 Å². The lowest BCUT2D eigenvalue weighted by atomic mass is 10.1. The minimum absolute atomic E-state index is 0.0718. The summed E-state index contributed by atoms with van der Waals surface area (Å²) >= 11 is 2.95. The molecule has 1 rings (SSSR count). The zero-order chi connectivity index (χ0) is 12.3. The lowest BCUT2D eigenvalue weighted by Crippen LogP contribution is -2.10. The van der Waals surface area contributed by atoms with Gasteiger partial charge in [0.05, 0.1) is 19.2 Å². The molecule has 0 fully saturated rings. The number of hydrogen-bond acceptors (Lipinski definition) is 4. The van der Waals surface area contributed by atoms with Gasteiger partial charge in [0, 0.05) is 11.8 Å². The Morgan fingerprint density at radius 2 is 2.31 bits per heavy atom. The minimum Gasteiger partial charge on any atom is -0.469 e. The number of ether oxygens (including phenoxy) is 1. The first-order valence-electron chi connectivity index (χ1n) is 4.25. The number of halogens is 3. The molecule has 7 heteroatoms. The number of nitrogen functional groups attached to an aromatic ring is 1. The van der Waals surface area contributed by atoms with E-state index in [9.17, 15) is 13.6 Å². The minimum atomic E-state index is -2.76. The first kappa shape index (κ1) is 12.8. The van der Waals surface area contributed by atoms with E-state index in [4.69, 9.17) is 5.73 Å². The second kappa shape index (κ2) is 5.20. The van der Waals surface area contributed by atoms with Crippen molar-refractivity contribution in [3.05, 3.63) is 21.9 Å².